The summed E-state index contributed by atoms with van der Waals surface area (Å²) in [6.45, 7) is 0.665. The van der Waals surface area contributed by atoms with Crippen LogP contribution in [0.3, 0.4) is 0 Å². The van der Waals surface area contributed by atoms with Crippen LogP contribution in [0.4, 0.5) is 0 Å². The van der Waals surface area contributed by atoms with E-state index in [0.717, 1.165) is 17.5 Å². The molecule has 126 valence electrons. The summed E-state index contributed by atoms with van der Waals surface area (Å²) in [6.07, 6.45) is 1.88. The molecular weight excluding hydrogens is 312 g/mol. The zero-order chi connectivity index (χ0) is 17.1. The van der Waals surface area contributed by atoms with Gasteiger partial charge in [0, 0.05) is 19.0 Å². The number of ether oxygens (including phenoxy) is 1. The summed E-state index contributed by atoms with van der Waals surface area (Å²) >= 11 is 0. The molecule has 2 amide bonds. The Balaban J connectivity index is 1.73. The average Bonchev–Trinajstić information content (AvgIpc) is 3.09. The maximum absolute atomic E-state index is 12.3. The molecule has 1 fully saturated rings. The number of nitrogens with one attached hydrogen (secondary N) is 2. The zero-order valence-corrected chi connectivity index (χ0v) is 13.2. The highest BCUT2D eigenvalue weighted by atomic mass is 16.5. The number of amides is 2. The fourth-order valence-corrected chi connectivity index (χ4v) is 2.72. The summed E-state index contributed by atoms with van der Waals surface area (Å²) in [5.74, 6) is -0.910. The molecule has 1 atom stereocenters. The Bertz CT molecular complexity index is 840. The second-order valence-corrected chi connectivity index (χ2v) is 5.66. The van der Waals surface area contributed by atoms with Gasteiger partial charge in [-0.05, 0) is 18.9 Å². The van der Waals surface area contributed by atoms with Crippen LogP contribution in [0.5, 0.6) is 0 Å². The first-order valence-electron chi connectivity index (χ1n) is 7.73. The van der Waals surface area contributed by atoms with Crippen molar-refractivity contribution in [2.75, 3.05) is 6.61 Å². The standard InChI is InChI=1S/C16H18N4O4/c1-20-16(23)12-7-3-2-6-11(12)14(19-20)15(22)18-17-13(21)9-10-5-4-8-24-10/h2-3,6-7,10H,4-5,8-9H2,1H3,(H,17,21)(H,18,22). The number of aryl methyl sites for hydroxylation is 1. The van der Waals surface area contributed by atoms with Gasteiger partial charge in [0.15, 0.2) is 5.69 Å². The molecule has 2 aromatic rings. The van der Waals surface area contributed by atoms with E-state index < -0.39 is 5.91 Å². The molecule has 1 aromatic carbocycles. The SMILES string of the molecule is Cn1nc(C(=O)NNC(=O)CC2CCCO2)c2ccccc2c1=O. The van der Waals surface area contributed by atoms with E-state index in [1.807, 2.05) is 0 Å². The van der Waals surface area contributed by atoms with Crippen molar-refractivity contribution in [2.24, 2.45) is 7.05 Å². The van der Waals surface area contributed by atoms with Crippen molar-refractivity contribution in [2.45, 2.75) is 25.4 Å². The van der Waals surface area contributed by atoms with E-state index in [9.17, 15) is 14.4 Å². The molecule has 2 heterocycles. The molecule has 0 saturated carbocycles. The number of carbonyl (C=O) groups is 2. The van der Waals surface area contributed by atoms with Crippen molar-refractivity contribution in [1.82, 2.24) is 20.6 Å². The maximum Gasteiger partial charge on any atom is 0.290 e. The molecule has 24 heavy (non-hydrogen) atoms. The van der Waals surface area contributed by atoms with Crippen molar-refractivity contribution in [3.63, 3.8) is 0 Å². The van der Waals surface area contributed by atoms with E-state index in [2.05, 4.69) is 16.0 Å². The quantitative estimate of drug-likeness (QED) is 0.786. The van der Waals surface area contributed by atoms with E-state index in [4.69, 9.17) is 4.74 Å². The Labute approximate surface area is 137 Å². The van der Waals surface area contributed by atoms with E-state index in [-0.39, 0.29) is 29.7 Å². The first kappa shape index (κ1) is 16.1. The number of hydrogen-bond donors (Lipinski definition) is 2. The largest absolute Gasteiger partial charge is 0.378 e. The average molecular weight is 330 g/mol. The number of fused-ring (bicyclic) bond motifs is 1. The predicted molar refractivity (Wildman–Crippen MR) is 86.2 cm³/mol. The summed E-state index contributed by atoms with van der Waals surface area (Å²) in [5.41, 5.74) is 4.49. The van der Waals surface area contributed by atoms with E-state index in [1.54, 1.807) is 24.3 Å². The minimum atomic E-state index is -0.581. The van der Waals surface area contributed by atoms with Crippen LogP contribution < -0.4 is 16.4 Å². The van der Waals surface area contributed by atoms with Gasteiger partial charge in [-0.1, -0.05) is 18.2 Å². The van der Waals surface area contributed by atoms with Crippen LogP contribution in [0.1, 0.15) is 29.8 Å². The van der Waals surface area contributed by atoms with Gasteiger partial charge in [-0.3, -0.25) is 25.2 Å². The number of rotatable bonds is 3. The van der Waals surface area contributed by atoms with Gasteiger partial charge in [-0.2, -0.15) is 5.10 Å². The molecule has 0 spiro atoms. The van der Waals surface area contributed by atoms with Gasteiger partial charge in [-0.25, -0.2) is 4.68 Å². The van der Waals surface area contributed by atoms with Crippen LogP contribution in [-0.4, -0.2) is 34.3 Å². The fourth-order valence-electron chi connectivity index (χ4n) is 2.72. The minimum absolute atomic E-state index is 0.0742. The monoisotopic (exact) mass is 330 g/mol. The van der Waals surface area contributed by atoms with Crippen molar-refractivity contribution < 1.29 is 14.3 Å². The summed E-state index contributed by atoms with van der Waals surface area (Å²) in [5, 5.41) is 4.83. The van der Waals surface area contributed by atoms with E-state index >= 15 is 0 Å². The molecule has 0 bridgehead atoms. The molecule has 8 nitrogen and oxygen atoms in total. The topological polar surface area (TPSA) is 102 Å². The number of nitrogens with zero attached hydrogens (tertiary/aromatic N) is 2. The number of hydrogen-bond acceptors (Lipinski definition) is 5. The Morgan fingerprint density at radius 3 is 2.75 bits per heavy atom. The smallest absolute Gasteiger partial charge is 0.290 e. The fraction of sp³-hybridized carbons (Fsp3) is 0.375. The third-order valence-corrected chi connectivity index (χ3v) is 3.92. The van der Waals surface area contributed by atoms with E-state index in [0.29, 0.717) is 17.4 Å². The Morgan fingerprint density at radius 1 is 1.29 bits per heavy atom. The number of carbonyl (C=O) groups excluding carboxylic acids is 2. The highest BCUT2D eigenvalue weighted by Crippen LogP contribution is 2.15. The van der Waals surface area contributed by atoms with Gasteiger partial charge in [0.05, 0.1) is 17.9 Å². The number of aromatic nitrogens is 2. The van der Waals surface area contributed by atoms with Crippen LogP contribution in [-0.2, 0) is 16.6 Å². The van der Waals surface area contributed by atoms with Crippen molar-refractivity contribution in [1.29, 1.82) is 0 Å². The van der Waals surface area contributed by atoms with Gasteiger partial charge in [-0.15, -0.1) is 0 Å². The summed E-state index contributed by atoms with van der Waals surface area (Å²) in [4.78, 5) is 36.2. The van der Waals surface area contributed by atoms with Crippen LogP contribution >= 0.6 is 0 Å². The molecule has 3 rings (SSSR count). The lowest BCUT2D eigenvalue weighted by Gasteiger charge is -2.11. The molecule has 0 radical (unpaired) electrons. The van der Waals surface area contributed by atoms with E-state index in [1.165, 1.54) is 7.05 Å². The lowest BCUT2D eigenvalue weighted by atomic mass is 10.1. The first-order chi connectivity index (χ1) is 11.6. The highest BCUT2D eigenvalue weighted by Gasteiger charge is 2.20. The molecule has 1 aliphatic rings. The third kappa shape index (κ3) is 3.28. The van der Waals surface area contributed by atoms with Gasteiger partial charge in [0.2, 0.25) is 5.91 Å². The second kappa shape index (κ2) is 6.79. The van der Waals surface area contributed by atoms with Gasteiger partial charge >= 0.3 is 0 Å². The Kier molecular flexibility index (Phi) is 4.57. The summed E-state index contributed by atoms with van der Waals surface area (Å²) in [6, 6.07) is 6.71. The van der Waals surface area contributed by atoms with Crippen LogP contribution in [0.2, 0.25) is 0 Å². The Morgan fingerprint density at radius 2 is 2.04 bits per heavy atom. The van der Waals surface area contributed by atoms with Crippen molar-refractivity contribution >= 4 is 22.6 Å². The van der Waals surface area contributed by atoms with Crippen molar-refractivity contribution in [3.8, 4) is 0 Å². The minimum Gasteiger partial charge on any atom is -0.378 e. The zero-order valence-electron chi connectivity index (χ0n) is 13.2. The molecular formula is C16H18N4O4. The second-order valence-electron chi connectivity index (χ2n) is 5.66. The van der Waals surface area contributed by atoms with Crippen LogP contribution in [0.15, 0.2) is 29.1 Å². The summed E-state index contributed by atoms with van der Waals surface area (Å²) < 4.78 is 6.48. The predicted octanol–water partition coefficient (Wildman–Crippen LogP) is 0.264. The van der Waals surface area contributed by atoms with Gasteiger partial charge in [0.25, 0.3) is 11.5 Å². The molecule has 1 unspecified atom stereocenters. The van der Waals surface area contributed by atoms with Crippen LogP contribution in [0.25, 0.3) is 10.8 Å². The lowest BCUT2D eigenvalue weighted by Crippen LogP contribution is -2.43. The molecule has 1 aliphatic heterocycles. The van der Waals surface area contributed by atoms with Crippen molar-refractivity contribution in [3.05, 3.63) is 40.3 Å². The highest BCUT2D eigenvalue weighted by molar-refractivity contribution is 6.05. The van der Waals surface area contributed by atoms with Gasteiger partial charge < -0.3 is 4.74 Å². The maximum atomic E-state index is 12.3. The molecule has 1 aromatic heterocycles. The molecule has 0 aliphatic carbocycles. The molecule has 2 N–H and O–H groups in total. The normalized spacial score (nSPS) is 17.0. The summed E-state index contributed by atoms with van der Waals surface area (Å²) in [7, 11) is 1.47. The lowest BCUT2D eigenvalue weighted by molar-refractivity contribution is -0.124. The first-order valence-corrected chi connectivity index (χ1v) is 7.73. The Hall–Kier alpha value is -2.74. The third-order valence-electron chi connectivity index (χ3n) is 3.92. The number of benzene rings is 1. The van der Waals surface area contributed by atoms with Crippen LogP contribution in [0, 0.1) is 0 Å². The van der Waals surface area contributed by atoms with Gasteiger partial charge in [0.1, 0.15) is 0 Å². The molecule has 8 heteroatoms. The molecule has 1 saturated heterocycles. The number of hydrazine groups is 1.